The number of morpholine rings is 1. The second-order valence-electron chi connectivity index (χ2n) is 15.3. The third-order valence-corrected chi connectivity index (χ3v) is 8.97. The number of rotatable bonds is 8. The van der Waals surface area contributed by atoms with Crippen molar-refractivity contribution < 1.29 is 48.0 Å². The van der Waals surface area contributed by atoms with Gasteiger partial charge in [0.05, 0.1) is 49.6 Å². The van der Waals surface area contributed by atoms with Crippen LogP contribution in [-0.4, -0.2) is 101 Å². The van der Waals surface area contributed by atoms with Gasteiger partial charge in [0.2, 0.25) is 0 Å². The summed E-state index contributed by atoms with van der Waals surface area (Å²) >= 11 is 0. The van der Waals surface area contributed by atoms with Gasteiger partial charge in [0.15, 0.2) is 0 Å². The van der Waals surface area contributed by atoms with E-state index < -0.39 is 41.5 Å². The Labute approximate surface area is 299 Å². The Balaban J connectivity index is 1.30. The molecule has 2 aromatic carbocycles. The predicted molar refractivity (Wildman–Crippen MR) is 187 cm³/mol. The molecule has 3 amide bonds. The molecule has 2 bridgehead atoms. The van der Waals surface area contributed by atoms with Crippen molar-refractivity contribution in [2.45, 2.75) is 116 Å². The largest absolute Gasteiger partial charge is 0.514 e. The molecule has 13 heteroatoms. The summed E-state index contributed by atoms with van der Waals surface area (Å²) in [6, 6.07) is 9.19. The van der Waals surface area contributed by atoms with E-state index in [2.05, 4.69) is 5.32 Å². The summed E-state index contributed by atoms with van der Waals surface area (Å²) in [4.78, 5) is 56.2. The van der Waals surface area contributed by atoms with E-state index in [-0.39, 0.29) is 61.2 Å². The number of nitrogens with zero attached hydrogens (tertiary/aromatic N) is 2. The highest BCUT2D eigenvalue weighted by Gasteiger charge is 2.39. The molecule has 0 aliphatic carbocycles. The minimum atomic E-state index is -1.18. The Morgan fingerprint density at radius 3 is 2.27 bits per heavy atom. The highest BCUT2D eigenvalue weighted by Crippen LogP contribution is 2.32. The molecule has 3 aliphatic rings. The Morgan fingerprint density at radius 1 is 0.941 bits per heavy atom. The van der Waals surface area contributed by atoms with Gasteiger partial charge < -0.3 is 39.0 Å². The van der Waals surface area contributed by atoms with Crippen molar-refractivity contribution in [1.82, 2.24) is 15.1 Å². The molecule has 0 aromatic heterocycles. The van der Waals surface area contributed by atoms with Gasteiger partial charge in [-0.2, -0.15) is 0 Å². The van der Waals surface area contributed by atoms with Crippen molar-refractivity contribution in [2.24, 2.45) is 0 Å². The smallest absolute Gasteiger partial charge is 0.493 e. The lowest BCUT2D eigenvalue weighted by Gasteiger charge is -2.45. The average Bonchev–Trinajstić information content (AvgIpc) is 3.04. The van der Waals surface area contributed by atoms with Gasteiger partial charge in [-0.1, -0.05) is 6.07 Å². The zero-order valence-electron chi connectivity index (χ0n) is 30.7. The molecule has 4 atom stereocenters. The Hall–Kier alpha value is -4.36. The predicted octanol–water partition coefficient (Wildman–Crippen LogP) is 5.25. The molecular weight excluding hydrogens is 658 g/mol. The van der Waals surface area contributed by atoms with E-state index in [0.29, 0.717) is 24.3 Å². The molecule has 51 heavy (non-hydrogen) atoms. The number of benzene rings is 2. The van der Waals surface area contributed by atoms with Crippen LogP contribution < -0.4 is 14.8 Å². The Bertz CT molecular complexity index is 1590. The normalized spacial score (nSPS) is 20.8. The van der Waals surface area contributed by atoms with E-state index in [9.17, 15) is 24.3 Å². The van der Waals surface area contributed by atoms with Crippen molar-refractivity contribution in [1.29, 1.82) is 0 Å². The maximum atomic E-state index is 13.6. The summed E-state index contributed by atoms with van der Waals surface area (Å²) < 4.78 is 27.8. The van der Waals surface area contributed by atoms with Crippen molar-refractivity contribution >= 4 is 24.1 Å². The van der Waals surface area contributed by atoms with Crippen LogP contribution in [0.1, 0.15) is 99.6 Å². The molecule has 278 valence electrons. The van der Waals surface area contributed by atoms with E-state index in [1.807, 2.05) is 4.90 Å². The average molecular weight is 710 g/mol. The standard InChI is InChI=1S/C38H51N3O10/c1-8-48-32-18-24(34(44)41-26-10-9-11-27(41)22-47-21-26)13-15-29(32)33(43)39-19-31(42)30-17-23-12-14-28(49-36(46)51-38(5,6)7)16-25(23)20-40(30)35(45)50-37(2,3)4/h12-16,18,26-27,30-31,42H,8-11,17,19-22H2,1-7H3,(H,39,43)/t26?,27?,30-,31+/m0/s1. The minimum Gasteiger partial charge on any atom is -0.493 e. The van der Waals surface area contributed by atoms with Gasteiger partial charge in [-0.05, 0) is 116 Å². The van der Waals surface area contributed by atoms with E-state index in [1.54, 1.807) is 84.9 Å². The maximum Gasteiger partial charge on any atom is 0.514 e. The molecule has 2 N–H and O–H groups in total. The molecule has 2 saturated heterocycles. The van der Waals surface area contributed by atoms with Gasteiger partial charge in [-0.25, -0.2) is 9.59 Å². The highest BCUT2D eigenvalue weighted by atomic mass is 16.7. The first-order valence-corrected chi connectivity index (χ1v) is 17.7. The number of hydrogen-bond donors (Lipinski definition) is 2. The lowest BCUT2D eigenvalue weighted by atomic mass is 9.91. The molecule has 2 unspecified atom stereocenters. The molecule has 5 rings (SSSR count). The number of carbonyl (C=O) groups excluding carboxylic acids is 4. The zero-order valence-corrected chi connectivity index (χ0v) is 30.7. The zero-order chi connectivity index (χ0) is 37.1. The van der Waals surface area contributed by atoms with E-state index in [4.69, 9.17) is 23.7 Å². The summed E-state index contributed by atoms with van der Waals surface area (Å²) in [5.41, 5.74) is 0.677. The molecule has 3 heterocycles. The van der Waals surface area contributed by atoms with E-state index in [1.165, 1.54) is 4.90 Å². The second-order valence-corrected chi connectivity index (χ2v) is 15.3. The van der Waals surface area contributed by atoms with Crippen molar-refractivity contribution in [2.75, 3.05) is 26.4 Å². The fourth-order valence-corrected chi connectivity index (χ4v) is 6.74. The van der Waals surface area contributed by atoms with Crippen molar-refractivity contribution in [3.63, 3.8) is 0 Å². The molecule has 2 aromatic rings. The van der Waals surface area contributed by atoms with E-state index in [0.717, 1.165) is 24.8 Å². The molecule has 0 spiro atoms. The fourth-order valence-electron chi connectivity index (χ4n) is 6.74. The van der Waals surface area contributed by atoms with Crippen LogP contribution in [0.4, 0.5) is 9.59 Å². The summed E-state index contributed by atoms with van der Waals surface area (Å²) in [6.07, 6.45) is 0.444. The number of piperidine rings is 1. The molecule has 0 radical (unpaired) electrons. The molecule has 0 saturated carbocycles. The fraction of sp³-hybridized carbons (Fsp3) is 0.579. The quantitative estimate of drug-likeness (QED) is 0.275. The summed E-state index contributed by atoms with van der Waals surface area (Å²) in [6.45, 7) is 13.5. The third-order valence-electron chi connectivity index (χ3n) is 8.97. The molecular formula is C38H51N3O10. The molecule has 13 nitrogen and oxygen atoms in total. The topological polar surface area (TPSA) is 153 Å². The number of aliphatic hydroxyl groups is 1. The second kappa shape index (κ2) is 15.5. The lowest BCUT2D eigenvalue weighted by Crippen LogP contribution is -2.57. The van der Waals surface area contributed by atoms with Gasteiger partial charge in [-0.15, -0.1) is 0 Å². The summed E-state index contributed by atoms with van der Waals surface area (Å²) in [7, 11) is 0. The first-order valence-electron chi connectivity index (χ1n) is 17.7. The maximum absolute atomic E-state index is 13.6. The SMILES string of the molecule is CCOc1cc(C(=O)N2C3CCCC2COC3)ccc1C(=O)NC[C@@H](O)[C@@H]1Cc2ccc(OC(=O)OC(C)(C)C)cc2CN1C(=O)OC(C)(C)C. The molecule has 3 aliphatic heterocycles. The van der Waals surface area contributed by atoms with Crippen LogP contribution >= 0.6 is 0 Å². The van der Waals surface area contributed by atoms with Crippen LogP contribution in [0.3, 0.4) is 0 Å². The van der Waals surface area contributed by atoms with Gasteiger partial charge >= 0.3 is 12.2 Å². The van der Waals surface area contributed by atoms with E-state index >= 15 is 0 Å². The van der Waals surface area contributed by atoms with Crippen LogP contribution in [0.15, 0.2) is 36.4 Å². The van der Waals surface area contributed by atoms with Gasteiger partial charge in [-0.3, -0.25) is 14.5 Å². The monoisotopic (exact) mass is 709 g/mol. The van der Waals surface area contributed by atoms with Crippen LogP contribution in [0.25, 0.3) is 0 Å². The number of carbonyl (C=O) groups is 4. The van der Waals surface area contributed by atoms with Gasteiger partial charge in [0.1, 0.15) is 22.7 Å². The van der Waals surface area contributed by atoms with Crippen LogP contribution in [0, 0.1) is 0 Å². The number of nitrogens with one attached hydrogen (secondary N) is 1. The summed E-state index contributed by atoms with van der Waals surface area (Å²) in [5, 5.41) is 14.3. The summed E-state index contributed by atoms with van der Waals surface area (Å²) in [5.74, 6) is -0.0902. The molecule has 2 fully saturated rings. The highest BCUT2D eigenvalue weighted by molar-refractivity contribution is 6.00. The Kier molecular flexibility index (Phi) is 11.5. The minimum absolute atomic E-state index is 0.0321. The van der Waals surface area contributed by atoms with Crippen LogP contribution in [0.5, 0.6) is 11.5 Å². The number of amides is 3. The number of fused-ring (bicyclic) bond motifs is 3. The van der Waals surface area contributed by atoms with Crippen molar-refractivity contribution in [3.8, 4) is 11.5 Å². The lowest BCUT2D eigenvalue weighted by molar-refractivity contribution is -0.0566. The first kappa shape index (κ1) is 37.9. The Morgan fingerprint density at radius 2 is 1.63 bits per heavy atom. The third kappa shape index (κ3) is 9.50. The van der Waals surface area contributed by atoms with Gasteiger partial charge in [0.25, 0.3) is 11.8 Å². The number of hydrogen-bond acceptors (Lipinski definition) is 10. The van der Waals surface area contributed by atoms with Crippen LogP contribution in [0.2, 0.25) is 0 Å². The first-order chi connectivity index (χ1) is 24.0. The number of aliphatic hydroxyl groups excluding tert-OH is 1. The number of ether oxygens (including phenoxy) is 5. The van der Waals surface area contributed by atoms with Crippen molar-refractivity contribution in [3.05, 3.63) is 58.7 Å². The van der Waals surface area contributed by atoms with Crippen LogP contribution in [-0.2, 0) is 27.2 Å². The van der Waals surface area contributed by atoms with Gasteiger partial charge in [0, 0.05) is 18.7 Å².